The van der Waals surface area contributed by atoms with Gasteiger partial charge in [0.05, 0.1) is 18.3 Å². The maximum atomic E-state index is 11.9. The molecule has 0 aliphatic carbocycles. The summed E-state index contributed by atoms with van der Waals surface area (Å²) in [5.41, 5.74) is 1.61. The topological polar surface area (TPSA) is 45.2 Å². The Hall–Kier alpha value is -2.07. The van der Waals surface area contributed by atoms with Crippen LogP contribution in [0.1, 0.15) is 5.56 Å². The summed E-state index contributed by atoms with van der Waals surface area (Å²) in [5.74, 6) is 0.771. The highest BCUT2D eigenvalue weighted by Crippen LogP contribution is 2.13. The molecule has 1 aromatic heterocycles. The van der Waals surface area contributed by atoms with Crippen molar-refractivity contribution in [2.24, 2.45) is 0 Å². The lowest BCUT2D eigenvalue weighted by Crippen LogP contribution is -2.15. The normalized spacial score (nSPS) is 10.2. The molecular weight excluding hydrogens is 274 g/mol. The molecule has 4 nitrogen and oxygen atoms in total. The molecule has 0 atom stereocenters. The minimum absolute atomic E-state index is 0.0771. The average molecular weight is 290 g/mol. The zero-order chi connectivity index (χ0) is 14.5. The Balaban J connectivity index is 1.95. The van der Waals surface area contributed by atoms with E-state index in [-0.39, 0.29) is 5.91 Å². The van der Waals surface area contributed by atoms with E-state index in [1.807, 2.05) is 43.3 Å². The smallest absolute Gasteiger partial charge is 0.228 e. The van der Waals surface area contributed by atoms with Crippen LogP contribution in [0, 0.1) is 0 Å². The molecule has 104 valence electrons. The molecule has 1 heterocycles. The first-order valence-corrected chi connectivity index (χ1v) is 6.60. The van der Waals surface area contributed by atoms with Crippen LogP contribution < -0.4 is 10.2 Å². The van der Waals surface area contributed by atoms with Crippen LogP contribution in [-0.4, -0.2) is 25.0 Å². The summed E-state index contributed by atoms with van der Waals surface area (Å²) >= 11 is 5.81. The number of amides is 1. The molecule has 1 N–H and O–H groups in total. The number of aromatic nitrogens is 1. The zero-order valence-corrected chi connectivity index (χ0v) is 12.2. The molecule has 2 aromatic rings. The van der Waals surface area contributed by atoms with Crippen LogP contribution in [0.3, 0.4) is 0 Å². The van der Waals surface area contributed by atoms with Crippen molar-refractivity contribution in [3.8, 4) is 0 Å². The highest BCUT2D eigenvalue weighted by Gasteiger charge is 2.05. The Kier molecular flexibility index (Phi) is 4.58. The number of hydrogen-bond donors (Lipinski definition) is 1. The van der Waals surface area contributed by atoms with Crippen LogP contribution in [0.4, 0.5) is 11.5 Å². The number of pyridine rings is 1. The average Bonchev–Trinajstić information content (AvgIpc) is 2.42. The third-order valence-electron chi connectivity index (χ3n) is 2.77. The van der Waals surface area contributed by atoms with Gasteiger partial charge < -0.3 is 10.2 Å². The first kappa shape index (κ1) is 14.3. The van der Waals surface area contributed by atoms with Gasteiger partial charge in [-0.25, -0.2) is 4.98 Å². The van der Waals surface area contributed by atoms with E-state index in [1.165, 1.54) is 0 Å². The highest BCUT2D eigenvalue weighted by atomic mass is 35.5. The third kappa shape index (κ3) is 3.96. The van der Waals surface area contributed by atoms with E-state index in [9.17, 15) is 4.79 Å². The molecule has 0 saturated heterocycles. The second-order valence-electron chi connectivity index (χ2n) is 4.65. The number of hydrogen-bond acceptors (Lipinski definition) is 3. The molecule has 0 unspecified atom stereocenters. The Morgan fingerprint density at radius 1 is 1.20 bits per heavy atom. The number of carbonyl (C=O) groups is 1. The number of nitrogens with one attached hydrogen (secondary N) is 1. The van der Waals surface area contributed by atoms with Crippen molar-refractivity contribution in [3.05, 3.63) is 53.2 Å². The lowest BCUT2D eigenvalue weighted by Gasteiger charge is -2.11. The van der Waals surface area contributed by atoms with E-state index in [2.05, 4.69) is 10.3 Å². The van der Waals surface area contributed by atoms with Gasteiger partial charge in [-0.2, -0.15) is 0 Å². The number of benzene rings is 1. The number of carbonyl (C=O) groups excluding carboxylic acids is 1. The molecule has 0 aliphatic rings. The van der Waals surface area contributed by atoms with Gasteiger partial charge in [-0.05, 0) is 29.8 Å². The van der Waals surface area contributed by atoms with Gasteiger partial charge in [-0.3, -0.25) is 4.79 Å². The molecule has 0 saturated carbocycles. The monoisotopic (exact) mass is 289 g/mol. The van der Waals surface area contributed by atoms with Gasteiger partial charge in [0.25, 0.3) is 0 Å². The van der Waals surface area contributed by atoms with Gasteiger partial charge in [-0.1, -0.05) is 23.7 Å². The van der Waals surface area contributed by atoms with E-state index in [1.54, 1.807) is 18.3 Å². The van der Waals surface area contributed by atoms with E-state index >= 15 is 0 Å². The van der Waals surface area contributed by atoms with Crippen molar-refractivity contribution in [2.45, 2.75) is 6.42 Å². The summed E-state index contributed by atoms with van der Waals surface area (Å²) in [6.07, 6.45) is 1.96. The van der Waals surface area contributed by atoms with Gasteiger partial charge in [0.1, 0.15) is 5.82 Å². The maximum absolute atomic E-state index is 11.9. The van der Waals surface area contributed by atoms with E-state index < -0.39 is 0 Å². The molecule has 1 amide bonds. The van der Waals surface area contributed by atoms with Crippen molar-refractivity contribution < 1.29 is 4.79 Å². The fourth-order valence-electron chi connectivity index (χ4n) is 1.72. The predicted octanol–water partition coefficient (Wildman–Crippen LogP) is 2.98. The lowest BCUT2D eigenvalue weighted by atomic mass is 10.1. The van der Waals surface area contributed by atoms with Crippen LogP contribution >= 0.6 is 11.6 Å². The van der Waals surface area contributed by atoms with E-state index in [0.717, 1.165) is 11.4 Å². The van der Waals surface area contributed by atoms with Crippen LogP contribution in [0.15, 0.2) is 42.6 Å². The van der Waals surface area contributed by atoms with Gasteiger partial charge in [0.2, 0.25) is 5.91 Å². The van der Waals surface area contributed by atoms with Crippen LogP contribution in [-0.2, 0) is 11.2 Å². The van der Waals surface area contributed by atoms with E-state index in [4.69, 9.17) is 11.6 Å². The maximum Gasteiger partial charge on any atom is 0.228 e. The fourth-order valence-corrected chi connectivity index (χ4v) is 1.84. The van der Waals surface area contributed by atoms with E-state index in [0.29, 0.717) is 17.1 Å². The Bertz CT molecular complexity index is 579. The summed E-state index contributed by atoms with van der Waals surface area (Å²) < 4.78 is 0. The molecule has 0 radical (unpaired) electrons. The Morgan fingerprint density at radius 2 is 1.90 bits per heavy atom. The molecule has 0 aliphatic heterocycles. The van der Waals surface area contributed by atoms with Crippen molar-refractivity contribution in [2.75, 3.05) is 24.3 Å². The third-order valence-corrected chi connectivity index (χ3v) is 3.02. The second kappa shape index (κ2) is 6.39. The molecule has 0 spiro atoms. The van der Waals surface area contributed by atoms with Crippen molar-refractivity contribution in [1.29, 1.82) is 0 Å². The first-order chi connectivity index (χ1) is 9.54. The van der Waals surface area contributed by atoms with Crippen molar-refractivity contribution >= 4 is 29.0 Å². The number of halogens is 1. The standard InChI is InChI=1S/C15H16ClN3O/c1-19(2)14-8-7-13(10-17-14)18-15(20)9-11-3-5-12(16)6-4-11/h3-8,10H,9H2,1-2H3,(H,18,20). The summed E-state index contributed by atoms with van der Waals surface area (Å²) in [5, 5.41) is 3.48. The summed E-state index contributed by atoms with van der Waals surface area (Å²) in [4.78, 5) is 18.0. The minimum atomic E-state index is -0.0771. The SMILES string of the molecule is CN(C)c1ccc(NC(=O)Cc2ccc(Cl)cc2)cn1. The number of rotatable bonds is 4. The fraction of sp³-hybridized carbons (Fsp3) is 0.200. The summed E-state index contributed by atoms with van der Waals surface area (Å²) in [6.45, 7) is 0. The Morgan fingerprint density at radius 3 is 2.45 bits per heavy atom. The molecule has 1 aromatic carbocycles. The molecule has 0 bridgehead atoms. The van der Waals surface area contributed by atoms with Crippen molar-refractivity contribution in [3.63, 3.8) is 0 Å². The largest absolute Gasteiger partial charge is 0.363 e. The predicted molar refractivity (Wildman–Crippen MR) is 82.3 cm³/mol. The first-order valence-electron chi connectivity index (χ1n) is 6.22. The molecular formula is C15H16ClN3O. The Labute approximate surface area is 123 Å². The molecule has 0 fully saturated rings. The van der Waals surface area contributed by atoms with Crippen molar-refractivity contribution in [1.82, 2.24) is 4.98 Å². The van der Waals surface area contributed by atoms with Gasteiger partial charge in [0, 0.05) is 19.1 Å². The molecule has 5 heteroatoms. The van der Waals surface area contributed by atoms with Crippen LogP contribution in [0.5, 0.6) is 0 Å². The molecule has 2 rings (SSSR count). The van der Waals surface area contributed by atoms with Gasteiger partial charge >= 0.3 is 0 Å². The minimum Gasteiger partial charge on any atom is -0.363 e. The van der Waals surface area contributed by atoms with Gasteiger partial charge in [-0.15, -0.1) is 0 Å². The van der Waals surface area contributed by atoms with Crippen LogP contribution in [0.2, 0.25) is 5.02 Å². The quantitative estimate of drug-likeness (QED) is 0.941. The zero-order valence-electron chi connectivity index (χ0n) is 11.4. The highest BCUT2D eigenvalue weighted by molar-refractivity contribution is 6.30. The second-order valence-corrected chi connectivity index (χ2v) is 5.09. The van der Waals surface area contributed by atoms with Gasteiger partial charge in [0.15, 0.2) is 0 Å². The lowest BCUT2D eigenvalue weighted by molar-refractivity contribution is -0.115. The molecule has 20 heavy (non-hydrogen) atoms. The number of anilines is 2. The number of nitrogens with zero attached hydrogens (tertiary/aromatic N) is 2. The van der Waals surface area contributed by atoms with Crippen LogP contribution in [0.25, 0.3) is 0 Å². The summed E-state index contributed by atoms with van der Waals surface area (Å²) in [7, 11) is 3.84. The summed E-state index contributed by atoms with van der Waals surface area (Å²) in [6, 6.07) is 10.9.